The lowest BCUT2D eigenvalue weighted by molar-refractivity contribution is 0.321. The second-order valence-corrected chi connectivity index (χ2v) is 8.24. The van der Waals surface area contributed by atoms with Gasteiger partial charge < -0.3 is 5.21 Å². The molecule has 0 aliphatic carbocycles. The molecule has 0 amide bonds. The molecule has 3 rings (SSSR count). The molecule has 2 aromatic carbocycles. The highest BCUT2D eigenvalue weighted by Crippen LogP contribution is 2.39. The molecule has 0 fully saturated rings. The fourth-order valence-corrected chi connectivity index (χ4v) is 5.05. The molecule has 0 aliphatic heterocycles. The molecule has 0 bridgehead atoms. The zero-order valence-corrected chi connectivity index (χ0v) is 15.7. The molecule has 1 N–H and O–H groups in total. The average molecular weight is 448 g/mol. The summed E-state index contributed by atoms with van der Waals surface area (Å²) in [6, 6.07) is 11.0. The summed E-state index contributed by atoms with van der Waals surface area (Å²) in [5.41, 5.74) is 0.344. The van der Waals surface area contributed by atoms with Gasteiger partial charge in [-0.05, 0) is 24.3 Å². The van der Waals surface area contributed by atoms with E-state index in [4.69, 9.17) is 28.4 Å². The van der Waals surface area contributed by atoms with Crippen molar-refractivity contribution in [3.05, 3.63) is 62.7 Å². The number of halogens is 3. The standard InChI is InChI=1S/C15H9BrCl2N2O3S/c16-12-7-13(17)14(18)15-11(12)6-9(8-19-21)20(15)24(22,23)10-4-2-1-3-5-10/h1-8,21H. The van der Waals surface area contributed by atoms with Crippen LogP contribution in [-0.2, 0) is 10.0 Å². The van der Waals surface area contributed by atoms with Crippen molar-refractivity contribution in [2.24, 2.45) is 5.16 Å². The first-order valence-electron chi connectivity index (χ1n) is 6.55. The van der Waals surface area contributed by atoms with E-state index in [2.05, 4.69) is 21.1 Å². The molecule has 0 saturated heterocycles. The topological polar surface area (TPSA) is 71.7 Å². The number of oxime groups is 1. The van der Waals surface area contributed by atoms with Crippen molar-refractivity contribution >= 4 is 66.3 Å². The van der Waals surface area contributed by atoms with Crippen molar-refractivity contribution in [2.45, 2.75) is 4.90 Å². The number of hydrogen-bond acceptors (Lipinski definition) is 4. The largest absolute Gasteiger partial charge is 0.411 e. The van der Waals surface area contributed by atoms with Gasteiger partial charge in [-0.15, -0.1) is 0 Å². The molecule has 124 valence electrons. The maximum Gasteiger partial charge on any atom is 0.268 e. The van der Waals surface area contributed by atoms with Crippen molar-refractivity contribution in [1.29, 1.82) is 0 Å². The van der Waals surface area contributed by atoms with Gasteiger partial charge in [-0.2, -0.15) is 0 Å². The van der Waals surface area contributed by atoms with Crippen molar-refractivity contribution in [1.82, 2.24) is 3.97 Å². The Morgan fingerprint density at radius 3 is 2.46 bits per heavy atom. The predicted molar refractivity (Wildman–Crippen MR) is 98.1 cm³/mol. The first-order chi connectivity index (χ1) is 11.4. The Bertz CT molecular complexity index is 1060. The maximum atomic E-state index is 13.1. The van der Waals surface area contributed by atoms with E-state index in [1.807, 2.05) is 0 Å². The maximum absolute atomic E-state index is 13.1. The Labute approximate surface area is 156 Å². The zero-order valence-electron chi connectivity index (χ0n) is 11.8. The van der Waals surface area contributed by atoms with Crippen molar-refractivity contribution in [3.8, 4) is 0 Å². The van der Waals surface area contributed by atoms with Crippen LogP contribution in [-0.4, -0.2) is 23.8 Å². The lowest BCUT2D eigenvalue weighted by atomic mass is 10.2. The number of nitrogens with zero attached hydrogens (tertiary/aromatic N) is 2. The molecule has 24 heavy (non-hydrogen) atoms. The summed E-state index contributed by atoms with van der Waals surface area (Å²) < 4.78 is 27.7. The minimum Gasteiger partial charge on any atom is -0.411 e. The Kier molecular flexibility index (Phi) is 4.61. The van der Waals surface area contributed by atoms with Gasteiger partial charge in [0.25, 0.3) is 10.0 Å². The number of fused-ring (bicyclic) bond motifs is 1. The van der Waals surface area contributed by atoms with Crippen LogP contribution in [0.2, 0.25) is 10.0 Å². The molecule has 9 heteroatoms. The molecule has 1 heterocycles. The number of hydrogen-bond donors (Lipinski definition) is 1. The second kappa shape index (κ2) is 6.40. The fraction of sp³-hybridized carbons (Fsp3) is 0. The van der Waals surface area contributed by atoms with Crippen LogP contribution in [0.25, 0.3) is 10.9 Å². The summed E-state index contributed by atoms with van der Waals surface area (Å²) in [5.74, 6) is 0. The number of rotatable bonds is 3. The van der Waals surface area contributed by atoms with Crippen molar-refractivity contribution < 1.29 is 13.6 Å². The Balaban J connectivity index is 2.49. The van der Waals surface area contributed by atoms with Gasteiger partial charge in [0.2, 0.25) is 0 Å². The number of aromatic nitrogens is 1. The van der Waals surface area contributed by atoms with Gasteiger partial charge in [-0.25, -0.2) is 12.4 Å². The van der Waals surface area contributed by atoms with E-state index >= 15 is 0 Å². The van der Waals surface area contributed by atoms with E-state index in [1.54, 1.807) is 30.3 Å². The quantitative estimate of drug-likeness (QED) is 0.272. The van der Waals surface area contributed by atoms with Crippen LogP contribution >= 0.6 is 39.1 Å². The average Bonchev–Trinajstić information content (AvgIpc) is 2.95. The smallest absolute Gasteiger partial charge is 0.268 e. The van der Waals surface area contributed by atoms with Gasteiger partial charge >= 0.3 is 0 Å². The minimum absolute atomic E-state index is 0.0715. The third-order valence-electron chi connectivity index (χ3n) is 3.38. The minimum atomic E-state index is -3.98. The third kappa shape index (κ3) is 2.71. The highest BCUT2D eigenvalue weighted by Gasteiger charge is 2.26. The summed E-state index contributed by atoms with van der Waals surface area (Å²) in [6.07, 6.45) is 1.02. The van der Waals surface area contributed by atoms with Crippen LogP contribution < -0.4 is 0 Å². The van der Waals surface area contributed by atoms with Gasteiger partial charge in [0.05, 0.1) is 32.4 Å². The highest BCUT2D eigenvalue weighted by molar-refractivity contribution is 9.10. The molecular formula is C15H9BrCl2N2O3S. The summed E-state index contributed by atoms with van der Waals surface area (Å²) >= 11 is 15.7. The van der Waals surface area contributed by atoms with E-state index in [-0.39, 0.29) is 26.2 Å². The molecule has 0 spiro atoms. The van der Waals surface area contributed by atoms with E-state index in [9.17, 15) is 8.42 Å². The van der Waals surface area contributed by atoms with E-state index in [1.165, 1.54) is 12.1 Å². The van der Waals surface area contributed by atoms with E-state index < -0.39 is 10.0 Å². The Morgan fingerprint density at radius 2 is 1.83 bits per heavy atom. The van der Waals surface area contributed by atoms with Crippen LogP contribution in [0.5, 0.6) is 0 Å². The third-order valence-corrected chi connectivity index (χ3v) is 6.56. The Hall–Kier alpha value is -1.54. The molecule has 0 radical (unpaired) electrons. The normalized spacial score (nSPS) is 12.3. The van der Waals surface area contributed by atoms with E-state index in [0.717, 1.165) is 10.2 Å². The van der Waals surface area contributed by atoms with Gasteiger partial charge in [0.1, 0.15) is 0 Å². The SMILES string of the molecule is O=S(=O)(c1ccccc1)n1c(C=NO)cc2c(Br)cc(Cl)c(Cl)c21. The monoisotopic (exact) mass is 446 g/mol. The van der Waals surface area contributed by atoms with E-state index in [0.29, 0.717) is 9.86 Å². The van der Waals surface area contributed by atoms with Crippen molar-refractivity contribution in [2.75, 3.05) is 0 Å². The first kappa shape index (κ1) is 17.3. The summed E-state index contributed by atoms with van der Waals surface area (Å²) in [5, 5.41) is 12.7. The molecule has 0 unspecified atom stereocenters. The molecule has 3 aromatic rings. The lowest BCUT2D eigenvalue weighted by Crippen LogP contribution is -2.15. The van der Waals surface area contributed by atoms with Gasteiger partial charge in [0.15, 0.2) is 0 Å². The summed E-state index contributed by atoms with van der Waals surface area (Å²) in [4.78, 5) is 0.0715. The molecule has 0 atom stereocenters. The van der Waals surface area contributed by atoms with Gasteiger partial charge in [0, 0.05) is 9.86 Å². The predicted octanol–water partition coefficient (Wildman–Crippen LogP) is 4.76. The molecule has 5 nitrogen and oxygen atoms in total. The van der Waals surface area contributed by atoms with Gasteiger partial charge in [-0.1, -0.05) is 62.5 Å². The van der Waals surface area contributed by atoms with Crippen LogP contribution in [0, 0.1) is 0 Å². The number of benzene rings is 2. The molecule has 0 saturated carbocycles. The molecular weight excluding hydrogens is 439 g/mol. The van der Waals surface area contributed by atoms with Crippen LogP contribution in [0.15, 0.2) is 57.0 Å². The zero-order chi connectivity index (χ0) is 17.5. The summed E-state index contributed by atoms with van der Waals surface area (Å²) in [6.45, 7) is 0. The Morgan fingerprint density at radius 1 is 1.17 bits per heavy atom. The van der Waals surface area contributed by atoms with Crippen molar-refractivity contribution in [3.63, 3.8) is 0 Å². The molecule has 0 aliphatic rings. The van der Waals surface area contributed by atoms with Crippen LogP contribution in [0.1, 0.15) is 5.69 Å². The lowest BCUT2D eigenvalue weighted by Gasteiger charge is -2.11. The fourth-order valence-electron chi connectivity index (χ4n) is 2.37. The first-order valence-corrected chi connectivity index (χ1v) is 9.54. The second-order valence-electron chi connectivity index (χ2n) is 4.81. The highest BCUT2D eigenvalue weighted by atomic mass is 79.9. The molecule has 1 aromatic heterocycles. The van der Waals surface area contributed by atoms with Crippen LogP contribution in [0.4, 0.5) is 0 Å². The van der Waals surface area contributed by atoms with Crippen LogP contribution in [0.3, 0.4) is 0 Å². The summed E-state index contributed by atoms with van der Waals surface area (Å²) in [7, 11) is -3.98. The van der Waals surface area contributed by atoms with Gasteiger partial charge in [-0.3, -0.25) is 0 Å².